The smallest absolute Gasteiger partial charge is 0.326 e. The van der Waals surface area contributed by atoms with Crippen LogP contribution in [0.3, 0.4) is 0 Å². The highest BCUT2D eigenvalue weighted by atomic mass is 35.5. The largest absolute Gasteiger partial charge is 0.425 e. The first kappa shape index (κ1) is 11.5. The van der Waals surface area contributed by atoms with Gasteiger partial charge in [-0.05, 0) is 24.6 Å². The van der Waals surface area contributed by atoms with E-state index in [1.807, 2.05) is 6.92 Å². The van der Waals surface area contributed by atoms with Crippen LogP contribution in [0.25, 0.3) is 0 Å². The van der Waals surface area contributed by atoms with Crippen LogP contribution < -0.4 is 10.5 Å². The fraction of sp³-hybridized carbons (Fsp3) is 0.200. The molecule has 0 heterocycles. The van der Waals surface area contributed by atoms with Gasteiger partial charge in [-0.1, -0.05) is 6.07 Å². The van der Waals surface area contributed by atoms with E-state index in [9.17, 15) is 4.79 Å². The maximum absolute atomic E-state index is 11.0. The van der Waals surface area contributed by atoms with Crippen LogP contribution in [0.4, 0.5) is 0 Å². The number of hydrogen-bond donors (Lipinski definition) is 2. The minimum absolute atomic E-state index is 0.146. The highest BCUT2D eigenvalue weighted by Gasteiger charge is 2.10. The fourth-order valence-corrected chi connectivity index (χ4v) is 1.14. The van der Waals surface area contributed by atoms with Crippen LogP contribution in [0.15, 0.2) is 18.2 Å². The molecule has 0 fully saturated rings. The summed E-state index contributed by atoms with van der Waals surface area (Å²) in [6, 6.07) is 5.06. The lowest BCUT2D eigenvalue weighted by atomic mass is 10.1. The number of hydrogen-bond acceptors (Lipinski definition) is 3. The van der Waals surface area contributed by atoms with E-state index in [1.54, 1.807) is 18.2 Å². The van der Waals surface area contributed by atoms with Gasteiger partial charge in [0.25, 0.3) is 0 Å². The van der Waals surface area contributed by atoms with Crippen molar-refractivity contribution in [2.75, 3.05) is 5.88 Å². The van der Waals surface area contributed by atoms with E-state index in [4.69, 9.17) is 27.5 Å². The first-order valence-corrected chi connectivity index (χ1v) is 4.79. The molecule has 4 nitrogen and oxygen atoms in total. The summed E-state index contributed by atoms with van der Waals surface area (Å²) in [6.07, 6.45) is 0. The molecule has 0 atom stereocenters. The summed E-state index contributed by atoms with van der Waals surface area (Å²) in [5.41, 5.74) is 6.64. The lowest BCUT2D eigenvalue weighted by molar-refractivity contribution is -0.131. The molecule has 1 aromatic carbocycles. The topological polar surface area (TPSA) is 76.2 Å². The van der Waals surface area contributed by atoms with Gasteiger partial charge in [0.1, 0.15) is 17.5 Å². The monoisotopic (exact) mass is 226 g/mol. The Kier molecular flexibility index (Phi) is 3.68. The van der Waals surface area contributed by atoms with Crippen LogP contribution in [-0.2, 0) is 4.79 Å². The first-order chi connectivity index (χ1) is 7.04. The number of nitrogens with two attached hydrogens (primary N) is 1. The molecule has 80 valence electrons. The van der Waals surface area contributed by atoms with Crippen LogP contribution in [0.5, 0.6) is 5.75 Å². The Bertz CT molecular complexity index is 404. The van der Waals surface area contributed by atoms with E-state index in [2.05, 4.69) is 0 Å². The molecular weight excluding hydrogens is 216 g/mol. The molecule has 0 unspecified atom stereocenters. The van der Waals surface area contributed by atoms with Gasteiger partial charge in [0.2, 0.25) is 0 Å². The van der Waals surface area contributed by atoms with Crippen LogP contribution in [0.1, 0.15) is 11.1 Å². The summed E-state index contributed by atoms with van der Waals surface area (Å²) in [4.78, 5) is 11.0. The maximum atomic E-state index is 11.0. The predicted octanol–water partition coefficient (Wildman–Crippen LogP) is 1.42. The second-order valence-electron chi connectivity index (χ2n) is 3.02. The number of carbonyl (C=O) groups is 1. The Balaban J connectivity index is 3.07. The Morgan fingerprint density at radius 3 is 2.80 bits per heavy atom. The molecular formula is C10H11ClN2O2. The summed E-state index contributed by atoms with van der Waals surface area (Å²) in [7, 11) is 0. The van der Waals surface area contributed by atoms with Crippen molar-refractivity contribution < 1.29 is 9.53 Å². The number of esters is 1. The maximum Gasteiger partial charge on any atom is 0.326 e. The third-order valence-electron chi connectivity index (χ3n) is 1.76. The average molecular weight is 227 g/mol. The third kappa shape index (κ3) is 2.95. The lowest BCUT2D eigenvalue weighted by Gasteiger charge is -2.08. The number of carbonyl (C=O) groups excluding carboxylic acids is 1. The number of nitrogen functional groups attached to an aromatic ring is 1. The van der Waals surface area contributed by atoms with Gasteiger partial charge in [0, 0.05) is 0 Å². The zero-order valence-electron chi connectivity index (χ0n) is 8.21. The molecule has 0 aromatic heterocycles. The number of alkyl halides is 1. The minimum atomic E-state index is -0.565. The normalized spacial score (nSPS) is 9.73. The molecule has 0 amide bonds. The molecule has 1 rings (SSSR count). The van der Waals surface area contributed by atoms with E-state index < -0.39 is 5.97 Å². The van der Waals surface area contributed by atoms with E-state index in [1.165, 1.54) is 0 Å². The van der Waals surface area contributed by atoms with Crippen molar-refractivity contribution >= 4 is 23.4 Å². The van der Waals surface area contributed by atoms with Crippen molar-refractivity contribution in [3.8, 4) is 5.75 Å². The summed E-state index contributed by atoms with van der Waals surface area (Å²) in [6.45, 7) is 1.85. The van der Waals surface area contributed by atoms with Crippen LogP contribution in [0.2, 0.25) is 0 Å². The highest BCUT2D eigenvalue weighted by Crippen LogP contribution is 2.20. The number of amidine groups is 1. The highest BCUT2D eigenvalue weighted by molar-refractivity contribution is 6.26. The standard InChI is InChI=1S/C10H11ClN2O2/c1-6-2-3-7(10(12)13)8(4-6)15-9(14)5-11/h2-4H,5H2,1H3,(H3,12,13). The Labute approximate surface area is 92.5 Å². The minimum Gasteiger partial charge on any atom is -0.425 e. The van der Waals surface area contributed by atoms with Crippen molar-refractivity contribution in [2.24, 2.45) is 5.73 Å². The molecule has 3 N–H and O–H groups in total. The first-order valence-electron chi connectivity index (χ1n) is 4.26. The second-order valence-corrected chi connectivity index (χ2v) is 3.29. The van der Waals surface area contributed by atoms with Gasteiger partial charge in [0.05, 0.1) is 5.56 Å². The van der Waals surface area contributed by atoms with Gasteiger partial charge in [-0.15, -0.1) is 11.6 Å². The molecule has 0 aliphatic carbocycles. The van der Waals surface area contributed by atoms with Crippen molar-refractivity contribution in [1.29, 1.82) is 5.41 Å². The van der Waals surface area contributed by atoms with Crippen LogP contribution in [-0.4, -0.2) is 17.7 Å². The van der Waals surface area contributed by atoms with Gasteiger partial charge < -0.3 is 10.5 Å². The fourth-order valence-electron chi connectivity index (χ4n) is 1.09. The van der Waals surface area contributed by atoms with Crippen molar-refractivity contribution in [3.63, 3.8) is 0 Å². The van der Waals surface area contributed by atoms with Gasteiger partial charge >= 0.3 is 5.97 Å². The van der Waals surface area contributed by atoms with Gasteiger partial charge in [-0.3, -0.25) is 10.2 Å². The number of benzene rings is 1. The number of ether oxygens (including phenoxy) is 1. The predicted molar refractivity (Wildman–Crippen MR) is 58.6 cm³/mol. The van der Waals surface area contributed by atoms with E-state index in [0.29, 0.717) is 5.56 Å². The number of halogens is 1. The molecule has 5 heteroatoms. The summed E-state index contributed by atoms with van der Waals surface area (Å²) < 4.78 is 4.95. The SMILES string of the molecule is Cc1ccc(C(=N)N)c(OC(=O)CCl)c1. The Morgan fingerprint density at radius 2 is 2.27 bits per heavy atom. The number of rotatable bonds is 3. The summed E-state index contributed by atoms with van der Waals surface area (Å²) in [5, 5.41) is 7.30. The lowest BCUT2D eigenvalue weighted by Crippen LogP contribution is -2.16. The Morgan fingerprint density at radius 1 is 1.60 bits per heavy atom. The van der Waals surface area contributed by atoms with E-state index in [0.717, 1.165) is 5.56 Å². The molecule has 1 aromatic rings. The summed E-state index contributed by atoms with van der Waals surface area (Å²) >= 11 is 5.31. The molecule has 0 aliphatic rings. The molecule has 15 heavy (non-hydrogen) atoms. The molecule has 0 saturated carbocycles. The average Bonchev–Trinajstić information content (AvgIpc) is 2.17. The number of nitrogens with one attached hydrogen (secondary N) is 1. The second kappa shape index (κ2) is 4.79. The number of aryl methyl sites for hydroxylation is 1. The van der Waals surface area contributed by atoms with E-state index >= 15 is 0 Å². The quantitative estimate of drug-likeness (QED) is 0.269. The van der Waals surface area contributed by atoms with Gasteiger partial charge in [-0.25, -0.2) is 0 Å². The molecule has 0 radical (unpaired) electrons. The molecule has 0 aliphatic heterocycles. The van der Waals surface area contributed by atoms with Crippen molar-refractivity contribution in [2.45, 2.75) is 6.92 Å². The molecule has 0 spiro atoms. The zero-order chi connectivity index (χ0) is 11.4. The Hall–Kier alpha value is -1.55. The van der Waals surface area contributed by atoms with Crippen LogP contribution >= 0.6 is 11.6 Å². The van der Waals surface area contributed by atoms with Gasteiger partial charge in [0.15, 0.2) is 0 Å². The third-order valence-corrected chi connectivity index (χ3v) is 1.98. The van der Waals surface area contributed by atoms with Crippen molar-refractivity contribution in [3.05, 3.63) is 29.3 Å². The summed E-state index contributed by atoms with van der Waals surface area (Å²) in [5.74, 6) is -0.670. The zero-order valence-corrected chi connectivity index (χ0v) is 8.97. The van der Waals surface area contributed by atoms with Crippen molar-refractivity contribution in [1.82, 2.24) is 0 Å². The van der Waals surface area contributed by atoms with Crippen LogP contribution in [0, 0.1) is 12.3 Å². The van der Waals surface area contributed by atoms with Gasteiger partial charge in [-0.2, -0.15) is 0 Å². The van der Waals surface area contributed by atoms with E-state index in [-0.39, 0.29) is 17.5 Å². The molecule has 0 saturated heterocycles. The molecule has 0 bridgehead atoms.